The van der Waals surface area contributed by atoms with Crippen molar-refractivity contribution in [2.24, 2.45) is 7.05 Å². The van der Waals surface area contributed by atoms with Gasteiger partial charge in [0.15, 0.2) is 0 Å². The fourth-order valence-corrected chi connectivity index (χ4v) is 5.30. The molecule has 0 aliphatic heterocycles. The lowest BCUT2D eigenvalue weighted by Crippen LogP contribution is -1.92. The Kier molecular flexibility index (Phi) is 5.04. The van der Waals surface area contributed by atoms with Crippen molar-refractivity contribution in [1.29, 1.82) is 0 Å². The third kappa shape index (κ3) is 3.41. The number of fused-ring (bicyclic) bond motifs is 1. The van der Waals surface area contributed by atoms with Crippen LogP contribution in [0.3, 0.4) is 0 Å². The molecule has 1 aliphatic rings. The molecule has 1 heteroatoms. The molecule has 34 heavy (non-hydrogen) atoms. The van der Waals surface area contributed by atoms with E-state index in [1.54, 1.807) is 0 Å². The Bertz CT molecular complexity index is 1550. The quantitative estimate of drug-likeness (QED) is 0.266. The first-order chi connectivity index (χ1) is 16.7. The Morgan fingerprint density at radius 1 is 0.559 bits per heavy atom. The summed E-state index contributed by atoms with van der Waals surface area (Å²) in [6.07, 6.45) is 3.22. The van der Waals surface area contributed by atoms with Gasteiger partial charge in [0.05, 0.1) is 0 Å². The summed E-state index contributed by atoms with van der Waals surface area (Å²) >= 11 is 0. The van der Waals surface area contributed by atoms with E-state index in [1.807, 2.05) is 0 Å². The molecule has 164 valence electrons. The fourth-order valence-electron chi connectivity index (χ4n) is 5.30. The highest BCUT2D eigenvalue weighted by Crippen LogP contribution is 2.52. The lowest BCUT2D eigenvalue weighted by Gasteiger charge is -2.14. The second kappa shape index (κ2) is 8.35. The minimum atomic E-state index is 0.912. The molecule has 0 amide bonds. The summed E-state index contributed by atoms with van der Waals surface area (Å²) in [6.45, 7) is 2.15. The van der Waals surface area contributed by atoms with Crippen LogP contribution in [-0.4, -0.2) is 4.57 Å². The number of hydrogen-bond acceptors (Lipinski definition) is 0. The van der Waals surface area contributed by atoms with E-state index in [2.05, 4.69) is 134 Å². The van der Waals surface area contributed by atoms with E-state index in [4.69, 9.17) is 0 Å². The topological polar surface area (TPSA) is 4.93 Å². The van der Waals surface area contributed by atoms with E-state index >= 15 is 0 Å². The standard InChI is InChI=1S/C33H27N/c1-23-17-19-26(20-18-23)32-28(24-11-5-3-6-12-24)21-29(25-13-7-4-8-14-25)33(32)30-22-34(2)31-16-10-9-15-27(30)31/h3-20,22H,21H2,1-2H3. The molecule has 4 aromatic carbocycles. The van der Waals surface area contributed by atoms with E-state index in [-0.39, 0.29) is 0 Å². The molecule has 1 heterocycles. The van der Waals surface area contributed by atoms with Crippen LogP contribution >= 0.6 is 0 Å². The molecule has 0 saturated carbocycles. The molecule has 1 aliphatic carbocycles. The molecule has 0 spiro atoms. The van der Waals surface area contributed by atoms with Gasteiger partial charge in [-0.2, -0.15) is 0 Å². The molecular weight excluding hydrogens is 410 g/mol. The molecule has 5 aromatic rings. The molecular formula is C33H27N. The summed E-state index contributed by atoms with van der Waals surface area (Å²) in [4.78, 5) is 0. The number of aryl methyl sites for hydroxylation is 2. The van der Waals surface area contributed by atoms with E-state index in [0.717, 1.165) is 6.42 Å². The van der Waals surface area contributed by atoms with Gasteiger partial charge in [-0.3, -0.25) is 0 Å². The number of hydrogen-bond donors (Lipinski definition) is 0. The van der Waals surface area contributed by atoms with Crippen molar-refractivity contribution in [3.8, 4) is 0 Å². The van der Waals surface area contributed by atoms with Gasteiger partial charge < -0.3 is 4.57 Å². The van der Waals surface area contributed by atoms with Gasteiger partial charge in [0.1, 0.15) is 0 Å². The maximum Gasteiger partial charge on any atom is 0.0484 e. The smallest absolute Gasteiger partial charge is 0.0484 e. The Morgan fingerprint density at radius 2 is 1.12 bits per heavy atom. The van der Waals surface area contributed by atoms with Crippen LogP contribution in [0.1, 0.15) is 34.2 Å². The average molecular weight is 438 g/mol. The molecule has 0 unspecified atom stereocenters. The highest BCUT2D eigenvalue weighted by Gasteiger charge is 2.30. The van der Waals surface area contributed by atoms with E-state index < -0.39 is 0 Å². The molecule has 0 atom stereocenters. The zero-order valence-electron chi connectivity index (χ0n) is 19.6. The summed E-state index contributed by atoms with van der Waals surface area (Å²) in [7, 11) is 2.15. The van der Waals surface area contributed by atoms with Crippen LogP contribution < -0.4 is 0 Å². The molecule has 1 aromatic heterocycles. The number of aromatic nitrogens is 1. The summed E-state index contributed by atoms with van der Waals surface area (Å²) in [5, 5.41) is 1.30. The van der Waals surface area contributed by atoms with Crippen LogP contribution in [0.5, 0.6) is 0 Å². The predicted octanol–water partition coefficient (Wildman–Crippen LogP) is 8.41. The number of rotatable bonds is 4. The Hall–Kier alpha value is -4.10. The van der Waals surface area contributed by atoms with Crippen LogP contribution in [-0.2, 0) is 7.05 Å². The lowest BCUT2D eigenvalue weighted by molar-refractivity contribution is 0.967. The maximum atomic E-state index is 2.31. The zero-order chi connectivity index (χ0) is 23.1. The molecule has 0 radical (unpaired) electrons. The van der Waals surface area contributed by atoms with E-state index in [1.165, 1.54) is 61.0 Å². The van der Waals surface area contributed by atoms with Gasteiger partial charge in [0, 0.05) is 29.7 Å². The second-order valence-corrected chi connectivity index (χ2v) is 9.15. The van der Waals surface area contributed by atoms with Gasteiger partial charge in [-0.25, -0.2) is 0 Å². The average Bonchev–Trinajstić information content (AvgIpc) is 3.44. The first-order valence-electron chi connectivity index (χ1n) is 11.9. The van der Waals surface area contributed by atoms with Crippen molar-refractivity contribution in [3.63, 3.8) is 0 Å². The van der Waals surface area contributed by atoms with Crippen molar-refractivity contribution in [1.82, 2.24) is 4.57 Å². The normalized spacial score (nSPS) is 13.8. The largest absolute Gasteiger partial charge is 0.350 e. The van der Waals surface area contributed by atoms with Crippen molar-refractivity contribution in [2.45, 2.75) is 13.3 Å². The van der Waals surface area contributed by atoms with Gasteiger partial charge in [0.2, 0.25) is 0 Å². The first-order valence-corrected chi connectivity index (χ1v) is 11.9. The number of para-hydroxylation sites is 1. The summed E-state index contributed by atoms with van der Waals surface area (Å²) in [5.74, 6) is 0. The number of allylic oxidation sites excluding steroid dienone is 4. The minimum absolute atomic E-state index is 0.912. The Morgan fingerprint density at radius 3 is 1.76 bits per heavy atom. The van der Waals surface area contributed by atoms with Crippen LogP contribution in [0.25, 0.3) is 33.2 Å². The SMILES string of the molecule is Cc1ccc(C2=C(c3ccccc3)CC(c3ccccc3)=C2c2cn(C)c3ccccc23)cc1. The van der Waals surface area contributed by atoms with Gasteiger partial charge >= 0.3 is 0 Å². The van der Waals surface area contributed by atoms with E-state index in [0.29, 0.717) is 0 Å². The summed E-state index contributed by atoms with van der Waals surface area (Å²) < 4.78 is 2.26. The van der Waals surface area contributed by atoms with E-state index in [9.17, 15) is 0 Å². The lowest BCUT2D eigenvalue weighted by atomic mass is 9.89. The van der Waals surface area contributed by atoms with Gasteiger partial charge in [-0.1, -0.05) is 109 Å². The van der Waals surface area contributed by atoms with Gasteiger partial charge in [-0.05, 0) is 58.4 Å². The van der Waals surface area contributed by atoms with Gasteiger partial charge in [-0.15, -0.1) is 0 Å². The minimum Gasteiger partial charge on any atom is -0.350 e. The highest BCUT2D eigenvalue weighted by atomic mass is 14.9. The summed E-state index contributed by atoms with van der Waals surface area (Å²) in [5.41, 5.74) is 13.2. The molecule has 6 rings (SSSR count). The third-order valence-electron chi connectivity index (χ3n) is 6.96. The monoisotopic (exact) mass is 437 g/mol. The third-order valence-corrected chi connectivity index (χ3v) is 6.96. The Labute approximate surface area is 201 Å². The van der Waals surface area contributed by atoms with Crippen molar-refractivity contribution >= 4 is 33.2 Å². The molecule has 1 nitrogen and oxygen atoms in total. The molecule has 0 bridgehead atoms. The van der Waals surface area contributed by atoms with Gasteiger partial charge in [0.25, 0.3) is 0 Å². The van der Waals surface area contributed by atoms with Crippen LogP contribution in [0.2, 0.25) is 0 Å². The number of benzene rings is 4. The van der Waals surface area contributed by atoms with Crippen molar-refractivity contribution < 1.29 is 0 Å². The molecule has 0 N–H and O–H groups in total. The fraction of sp³-hybridized carbons (Fsp3) is 0.0909. The Balaban J connectivity index is 1.71. The summed E-state index contributed by atoms with van der Waals surface area (Å²) in [6, 6.07) is 39.6. The van der Waals surface area contributed by atoms with Crippen molar-refractivity contribution in [2.75, 3.05) is 0 Å². The molecule has 0 saturated heterocycles. The van der Waals surface area contributed by atoms with Crippen LogP contribution in [0, 0.1) is 6.92 Å². The van der Waals surface area contributed by atoms with Crippen LogP contribution in [0.15, 0.2) is 115 Å². The first kappa shape index (κ1) is 20.5. The van der Waals surface area contributed by atoms with Crippen molar-refractivity contribution in [3.05, 3.63) is 143 Å². The van der Waals surface area contributed by atoms with Crippen LogP contribution in [0.4, 0.5) is 0 Å². The maximum absolute atomic E-state index is 2.31. The predicted molar refractivity (Wildman–Crippen MR) is 145 cm³/mol. The zero-order valence-corrected chi connectivity index (χ0v) is 19.6. The molecule has 0 fully saturated rings. The highest BCUT2D eigenvalue weighted by molar-refractivity contribution is 6.29. The number of nitrogens with zero attached hydrogens (tertiary/aromatic N) is 1. The second-order valence-electron chi connectivity index (χ2n) is 9.15.